The second-order valence-electron chi connectivity index (χ2n) is 2.37. The minimum atomic E-state index is -2.28. The molecule has 1 rings (SSSR count). The normalized spacial score (nSPS) is 10.6. The van der Waals surface area contributed by atoms with Crippen molar-refractivity contribution in [3.8, 4) is 5.75 Å². The molecule has 1 aromatic rings. The largest absolute Gasteiger partial charge is 1.00 e. The van der Waals surface area contributed by atoms with Gasteiger partial charge in [0.05, 0.1) is 5.97 Å². The molecule has 0 heterocycles. The Morgan fingerprint density at radius 1 is 1.25 bits per heavy atom. The van der Waals surface area contributed by atoms with Gasteiger partial charge >= 0.3 is 59.1 Å². The molecule has 0 fully saturated rings. The van der Waals surface area contributed by atoms with Crippen molar-refractivity contribution in [2.75, 3.05) is 6.61 Å². The maximum absolute atomic E-state index is 10.4. The van der Waals surface area contributed by atoms with Crippen LogP contribution in [0.3, 0.4) is 0 Å². The van der Waals surface area contributed by atoms with E-state index in [1.807, 2.05) is 0 Å². The van der Waals surface area contributed by atoms with Gasteiger partial charge in [-0.25, -0.2) is 0 Å². The second-order valence-corrected chi connectivity index (χ2v) is 3.31. The van der Waals surface area contributed by atoms with Crippen LogP contribution in [0, 0.1) is 0 Å². The van der Waals surface area contributed by atoms with Crippen LogP contribution in [-0.2, 0) is 15.9 Å². The van der Waals surface area contributed by atoms with Gasteiger partial charge in [-0.2, -0.15) is 0 Å². The molecular weight excluding hydrogens is 254 g/mol. The van der Waals surface area contributed by atoms with Gasteiger partial charge < -0.3 is 19.2 Å². The average Bonchev–Trinajstić information content (AvgIpc) is 2.15. The zero-order valence-corrected chi connectivity index (χ0v) is 13.8. The molecule has 1 atom stereocenters. The molecule has 0 spiro atoms. The van der Waals surface area contributed by atoms with E-state index in [-0.39, 0.29) is 69.8 Å². The van der Waals surface area contributed by atoms with Gasteiger partial charge in [0.25, 0.3) is 0 Å². The SMILES string of the molecule is O=C([O-])COc1ccc(S(=O)[O-])cc1.[Na+].[Na+]. The Kier molecular flexibility index (Phi) is 11.4. The van der Waals surface area contributed by atoms with Gasteiger partial charge in [-0.15, -0.1) is 0 Å². The van der Waals surface area contributed by atoms with Crippen molar-refractivity contribution < 1.29 is 82.5 Å². The number of hydrogen-bond acceptors (Lipinski definition) is 5. The van der Waals surface area contributed by atoms with Gasteiger partial charge in [0.1, 0.15) is 12.4 Å². The summed E-state index contributed by atoms with van der Waals surface area (Å²) in [6.07, 6.45) is 0. The monoisotopic (exact) mass is 260 g/mol. The number of carbonyl (C=O) groups excluding carboxylic acids is 1. The van der Waals surface area contributed by atoms with Crippen LogP contribution in [0.2, 0.25) is 0 Å². The standard InChI is InChI=1S/C8H8O5S.2Na/c9-8(10)5-13-6-1-3-7(4-2-6)14(11)12;;/h1-4H,5H2,(H,9,10)(H,11,12);;/q;2*+1/p-2. The summed E-state index contributed by atoms with van der Waals surface area (Å²) in [5.41, 5.74) is 0. The third-order valence-corrected chi connectivity index (χ3v) is 2.03. The van der Waals surface area contributed by atoms with Crippen LogP contribution in [0.1, 0.15) is 0 Å². The third kappa shape index (κ3) is 7.03. The molecule has 16 heavy (non-hydrogen) atoms. The molecule has 0 amide bonds. The molecule has 0 aliphatic heterocycles. The fourth-order valence-corrected chi connectivity index (χ4v) is 1.15. The van der Waals surface area contributed by atoms with Crippen LogP contribution in [0.5, 0.6) is 5.75 Å². The van der Waals surface area contributed by atoms with Crippen molar-refractivity contribution in [3.63, 3.8) is 0 Å². The fourth-order valence-electron chi connectivity index (χ4n) is 0.789. The van der Waals surface area contributed by atoms with Crippen LogP contribution in [-0.4, -0.2) is 21.3 Å². The average molecular weight is 260 g/mol. The van der Waals surface area contributed by atoms with E-state index in [0.29, 0.717) is 0 Å². The minimum Gasteiger partial charge on any atom is -0.768 e. The zero-order valence-electron chi connectivity index (χ0n) is 8.97. The van der Waals surface area contributed by atoms with E-state index in [4.69, 9.17) is 4.74 Å². The number of carboxylic acid groups (broad SMARTS) is 1. The van der Waals surface area contributed by atoms with E-state index in [1.165, 1.54) is 24.3 Å². The summed E-state index contributed by atoms with van der Waals surface area (Å²) in [5.74, 6) is -1.05. The maximum atomic E-state index is 10.4. The predicted octanol–water partition coefficient (Wildman–Crippen LogP) is -6.94. The van der Waals surface area contributed by atoms with Crippen molar-refractivity contribution >= 4 is 17.0 Å². The van der Waals surface area contributed by atoms with Gasteiger partial charge in [0.2, 0.25) is 0 Å². The Balaban J connectivity index is 0. The van der Waals surface area contributed by atoms with Gasteiger partial charge in [-0.3, -0.25) is 4.21 Å². The number of carbonyl (C=O) groups is 1. The molecule has 0 N–H and O–H groups in total. The van der Waals surface area contributed by atoms with Crippen LogP contribution in [0.15, 0.2) is 29.2 Å². The summed E-state index contributed by atoms with van der Waals surface area (Å²) in [6.45, 7) is -0.556. The molecule has 5 nitrogen and oxygen atoms in total. The first kappa shape index (κ1) is 19.0. The summed E-state index contributed by atoms with van der Waals surface area (Å²) in [6, 6.07) is 5.36. The van der Waals surface area contributed by atoms with Crippen LogP contribution in [0.4, 0.5) is 0 Å². The number of hydrogen-bond donors (Lipinski definition) is 0. The van der Waals surface area contributed by atoms with Crippen LogP contribution >= 0.6 is 0 Å². The maximum Gasteiger partial charge on any atom is 1.00 e. The molecule has 0 aliphatic rings. The Bertz CT molecular complexity index is 354. The molecule has 8 heteroatoms. The first-order valence-electron chi connectivity index (χ1n) is 3.61. The zero-order chi connectivity index (χ0) is 10.6. The molecule has 76 valence electrons. The molecule has 1 unspecified atom stereocenters. The van der Waals surface area contributed by atoms with E-state index in [0.717, 1.165) is 0 Å². The van der Waals surface area contributed by atoms with Gasteiger partial charge in [0.15, 0.2) is 0 Å². The van der Waals surface area contributed by atoms with Crippen molar-refractivity contribution in [2.45, 2.75) is 4.90 Å². The molecule has 0 bridgehead atoms. The number of carboxylic acids is 1. The number of rotatable bonds is 4. The Hall–Kier alpha value is 0.600. The third-order valence-electron chi connectivity index (χ3n) is 1.37. The fraction of sp³-hybridized carbons (Fsp3) is 0.125. The summed E-state index contributed by atoms with van der Waals surface area (Å²) < 4.78 is 25.6. The van der Waals surface area contributed by atoms with Crippen molar-refractivity contribution in [3.05, 3.63) is 24.3 Å². The molecule has 0 saturated heterocycles. The number of benzene rings is 1. The van der Waals surface area contributed by atoms with Crippen LogP contribution < -0.4 is 69.0 Å². The van der Waals surface area contributed by atoms with Crippen LogP contribution in [0.25, 0.3) is 0 Å². The topological polar surface area (TPSA) is 89.5 Å². The van der Waals surface area contributed by atoms with E-state index in [1.54, 1.807) is 0 Å². The molecule has 0 aromatic heterocycles. The Labute approximate surface area is 139 Å². The van der Waals surface area contributed by atoms with E-state index >= 15 is 0 Å². The van der Waals surface area contributed by atoms with E-state index < -0.39 is 23.7 Å². The van der Waals surface area contributed by atoms with E-state index in [9.17, 15) is 18.7 Å². The Morgan fingerprint density at radius 3 is 2.12 bits per heavy atom. The quantitative estimate of drug-likeness (QED) is 0.396. The van der Waals surface area contributed by atoms with Gasteiger partial charge in [0, 0.05) is 4.90 Å². The summed E-state index contributed by atoms with van der Waals surface area (Å²) >= 11 is -2.28. The predicted molar refractivity (Wildman–Crippen MR) is 44.1 cm³/mol. The first-order chi connectivity index (χ1) is 6.59. The minimum absolute atomic E-state index is 0. The molecule has 0 radical (unpaired) electrons. The summed E-state index contributed by atoms with van der Waals surface area (Å²) in [5, 5.41) is 10.0. The molecule has 1 aromatic carbocycles. The summed E-state index contributed by atoms with van der Waals surface area (Å²) in [4.78, 5) is 10.1. The van der Waals surface area contributed by atoms with Gasteiger partial charge in [-0.1, -0.05) is 0 Å². The van der Waals surface area contributed by atoms with Crippen molar-refractivity contribution in [2.24, 2.45) is 0 Å². The molecule has 0 saturated carbocycles. The molecular formula is C8H6Na2O5S. The first-order valence-corrected chi connectivity index (χ1v) is 4.69. The number of ether oxygens (including phenoxy) is 1. The second kappa shape index (κ2) is 9.61. The summed E-state index contributed by atoms with van der Waals surface area (Å²) in [7, 11) is 0. The Morgan fingerprint density at radius 2 is 1.75 bits per heavy atom. The van der Waals surface area contributed by atoms with Gasteiger partial charge in [-0.05, 0) is 35.3 Å². The van der Waals surface area contributed by atoms with Crippen molar-refractivity contribution in [1.29, 1.82) is 0 Å². The van der Waals surface area contributed by atoms with Crippen molar-refractivity contribution in [1.82, 2.24) is 0 Å². The molecule has 0 aliphatic carbocycles. The van der Waals surface area contributed by atoms with E-state index in [2.05, 4.69) is 0 Å². The number of aliphatic carboxylic acids is 1. The smallest absolute Gasteiger partial charge is 0.768 e.